The van der Waals surface area contributed by atoms with Crippen LogP contribution in [-0.4, -0.2) is 17.7 Å². The molecule has 22 heavy (non-hydrogen) atoms. The first-order valence-electron chi connectivity index (χ1n) is 7.31. The van der Waals surface area contributed by atoms with Crippen LogP contribution in [0.25, 0.3) is 0 Å². The van der Waals surface area contributed by atoms with Crippen molar-refractivity contribution < 1.29 is 14.6 Å². The number of hydrogen-bond donors (Lipinski definition) is 1. The Balaban J connectivity index is 2.19. The van der Waals surface area contributed by atoms with Crippen molar-refractivity contribution in [3.05, 3.63) is 77.9 Å². The zero-order valence-electron chi connectivity index (χ0n) is 12.6. The van der Waals surface area contributed by atoms with Crippen LogP contribution in [0.1, 0.15) is 30.4 Å². The molecule has 2 aromatic rings. The van der Waals surface area contributed by atoms with Crippen LogP contribution in [-0.2, 0) is 4.79 Å². The molecule has 1 unspecified atom stereocenters. The molecule has 3 nitrogen and oxygen atoms in total. The van der Waals surface area contributed by atoms with Crippen molar-refractivity contribution in [1.29, 1.82) is 0 Å². The highest BCUT2D eigenvalue weighted by atomic mass is 16.5. The Morgan fingerprint density at radius 3 is 2.32 bits per heavy atom. The molecule has 2 aromatic carbocycles. The Morgan fingerprint density at radius 2 is 1.73 bits per heavy atom. The van der Waals surface area contributed by atoms with Crippen molar-refractivity contribution in [3.8, 4) is 5.75 Å². The van der Waals surface area contributed by atoms with Gasteiger partial charge in [-0.1, -0.05) is 54.6 Å². The second-order valence-electron chi connectivity index (χ2n) is 5.01. The van der Waals surface area contributed by atoms with Gasteiger partial charge in [0.1, 0.15) is 12.4 Å². The maximum Gasteiger partial charge on any atom is 0.304 e. The van der Waals surface area contributed by atoms with Gasteiger partial charge in [0.05, 0.1) is 6.42 Å². The lowest BCUT2D eigenvalue weighted by molar-refractivity contribution is -0.137. The van der Waals surface area contributed by atoms with Crippen LogP contribution in [0, 0.1) is 0 Å². The van der Waals surface area contributed by atoms with E-state index in [1.54, 1.807) is 0 Å². The molecular weight excluding hydrogens is 276 g/mol. The van der Waals surface area contributed by atoms with Crippen LogP contribution in [0.3, 0.4) is 0 Å². The van der Waals surface area contributed by atoms with Gasteiger partial charge in [0.25, 0.3) is 0 Å². The number of rotatable bonds is 7. The van der Waals surface area contributed by atoms with E-state index >= 15 is 0 Å². The lowest BCUT2D eigenvalue weighted by Crippen LogP contribution is -2.08. The zero-order chi connectivity index (χ0) is 15.8. The molecule has 0 saturated heterocycles. The smallest absolute Gasteiger partial charge is 0.304 e. The number of aliphatic carboxylic acids is 1. The fraction of sp³-hybridized carbons (Fsp3) is 0.211. The second-order valence-corrected chi connectivity index (χ2v) is 5.01. The van der Waals surface area contributed by atoms with Crippen LogP contribution in [0.5, 0.6) is 5.75 Å². The van der Waals surface area contributed by atoms with E-state index in [-0.39, 0.29) is 12.3 Å². The molecule has 0 saturated carbocycles. The molecular formula is C19H20O3. The molecule has 0 bridgehead atoms. The van der Waals surface area contributed by atoms with Crippen LogP contribution in [0.2, 0.25) is 0 Å². The molecule has 0 spiro atoms. The van der Waals surface area contributed by atoms with E-state index < -0.39 is 5.97 Å². The summed E-state index contributed by atoms with van der Waals surface area (Å²) in [6.45, 7) is 2.48. The summed E-state index contributed by atoms with van der Waals surface area (Å²) in [6.07, 6.45) is 3.95. The molecule has 0 heterocycles. The highest BCUT2D eigenvalue weighted by molar-refractivity contribution is 5.69. The molecule has 0 radical (unpaired) electrons. The lowest BCUT2D eigenvalue weighted by Gasteiger charge is -2.16. The summed E-state index contributed by atoms with van der Waals surface area (Å²) in [5, 5.41) is 9.17. The third kappa shape index (κ3) is 4.48. The quantitative estimate of drug-likeness (QED) is 0.777. The van der Waals surface area contributed by atoms with E-state index in [2.05, 4.69) is 0 Å². The molecule has 114 valence electrons. The fourth-order valence-electron chi connectivity index (χ4n) is 2.33. The number of ether oxygens (including phenoxy) is 1. The molecule has 0 aromatic heterocycles. The number of hydrogen-bond acceptors (Lipinski definition) is 2. The first kappa shape index (κ1) is 15.8. The first-order chi connectivity index (χ1) is 10.7. The van der Waals surface area contributed by atoms with Gasteiger partial charge in [-0.2, -0.15) is 0 Å². The van der Waals surface area contributed by atoms with Crippen LogP contribution in [0.15, 0.2) is 66.7 Å². The molecule has 0 aliphatic rings. The van der Waals surface area contributed by atoms with Crippen LogP contribution < -0.4 is 4.74 Å². The number of carboxylic acids is 1. The van der Waals surface area contributed by atoms with Crippen molar-refractivity contribution in [2.24, 2.45) is 0 Å². The highest BCUT2D eigenvalue weighted by Gasteiger charge is 2.17. The van der Waals surface area contributed by atoms with E-state index in [9.17, 15) is 9.90 Å². The minimum Gasteiger partial charge on any atom is -0.490 e. The SMILES string of the molecule is CC=CCOc1ccc(C(CC(=O)O)c2ccccc2)cc1. The van der Waals surface area contributed by atoms with Crippen LogP contribution >= 0.6 is 0 Å². The van der Waals surface area contributed by atoms with Crippen molar-refractivity contribution in [2.45, 2.75) is 19.3 Å². The summed E-state index contributed by atoms with van der Waals surface area (Å²) in [5.41, 5.74) is 1.99. The third-order valence-corrected chi connectivity index (χ3v) is 3.45. The predicted molar refractivity (Wildman–Crippen MR) is 87.3 cm³/mol. The van der Waals surface area contributed by atoms with E-state index in [0.717, 1.165) is 16.9 Å². The molecule has 2 rings (SSSR count). The summed E-state index contributed by atoms with van der Waals surface area (Å²) >= 11 is 0. The van der Waals surface area contributed by atoms with Crippen molar-refractivity contribution in [2.75, 3.05) is 6.61 Å². The number of carboxylic acid groups (broad SMARTS) is 1. The predicted octanol–water partition coefficient (Wildman–Crippen LogP) is 4.25. The van der Waals surface area contributed by atoms with Crippen molar-refractivity contribution >= 4 is 5.97 Å². The standard InChI is InChI=1S/C19H20O3/c1-2-3-13-22-17-11-9-16(10-12-17)18(14-19(20)21)15-7-5-4-6-8-15/h2-12,18H,13-14H2,1H3,(H,20,21). The van der Waals surface area contributed by atoms with E-state index in [1.807, 2.05) is 73.7 Å². The molecule has 3 heteroatoms. The van der Waals surface area contributed by atoms with E-state index in [1.165, 1.54) is 0 Å². The molecule has 0 fully saturated rings. The average Bonchev–Trinajstić information content (AvgIpc) is 2.54. The van der Waals surface area contributed by atoms with Crippen molar-refractivity contribution in [3.63, 3.8) is 0 Å². The Kier molecular flexibility index (Phi) is 5.78. The Bertz CT molecular complexity index is 615. The summed E-state index contributed by atoms with van der Waals surface area (Å²) in [7, 11) is 0. The average molecular weight is 296 g/mol. The number of benzene rings is 2. The van der Waals surface area contributed by atoms with Gasteiger partial charge in [-0.05, 0) is 30.2 Å². The van der Waals surface area contributed by atoms with Gasteiger partial charge in [-0.3, -0.25) is 4.79 Å². The van der Waals surface area contributed by atoms with E-state index in [4.69, 9.17) is 4.74 Å². The molecule has 0 aliphatic heterocycles. The maximum atomic E-state index is 11.2. The number of carbonyl (C=O) groups is 1. The Labute approximate surface area is 130 Å². The van der Waals surface area contributed by atoms with E-state index in [0.29, 0.717) is 6.61 Å². The normalized spacial score (nSPS) is 12.2. The molecule has 0 aliphatic carbocycles. The molecule has 1 atom stereocenters. The fourth-order valence-corrected chi connectivity index (χ4v) is 2.33. The number of allylic oxidation sites excluding steroid dienone is 1. The minimum absolute atomic E-state index is 0.0722. The third-order valence-electron chi connectivity index (χ3n) is 3.45. The largest absolute Gasteiger partial charge is 0.490 e. The Morgan fingerprint density at radius 1 is 1.09 bits per heavy atom. The van der Waals surface area contributed by atoms with Gasteiger partial charge >= 0.3 is 5.97 Å². The summed E-state index contributed by atoms with van der Waals surface area (Å²) < 4.78 is 5.56. The molecule has 0 amide bonds. The monoisotopic (exact) mass is 296 g/mol. The minimum atomic E-state index is -0.803. The zero-order valence-corrected chi connectivity index (χ0v) is 12.6. The lowest BCUT2D eigenvalue weighted by atomic mass is 9.88. The van der Waals surface area contributed by atoms with Gasteiger partial charge in [0.15, 0.2) is 0 Å². The van der Waals surface area contributed by atoms with Gasteiger partial charge < -0.3 is 9.84 Å². The topological polar surface area (TPSA) is 46.5 Å². The van der Waals surface area contributed by atoms with Gasteiger partial charge in [0, 0.05) is 5.92 Å². The van der Waals surface area contributed by atoms with Gasteiger partial charge in [-0.25, -0.2) is 0 Å². The summed E-state index contributed by atoms with van der Waals surface area (Å²) in [5.74, 6) is -0.172. The van der Waals surface area contributed by atoms with Gasteiger partial charge in [0.2, 0.25) is 0 Å². The summed E-state index contributed by atoms with van der Waals surface area (Å²) in [6, 6.07) is 17.4. The molecule has 1 N–H and O–H groups in total. The second kappa shape index (κ2) is 8.03. The first-order valence-corrected chi connectivity index (χ1v) is 7.31. The van der Waals surface area contributed by atoms with Crippen molar-refractivity contribution in [1.82, 2.24) is 0 Å². The highest BCUT2D eigenvalue weighted by Crippen LogP contribution is 2.29. The van der Waals surface area contributed by atoms with Crippen LogP contribution in [0.4, 0.5) is 0 Å². The van der Waals surface area contributed by atoms with Gasteiger partial charge in [-0.15, -0.1) is 0 Å². The maximum absolute atomic E-state index is 11.2. The summed E-state index contributed by atoms with van der Waals surface area (Å²) in [4.78, 5) is 11.2. The Hall–Kier alpha value is -2.55.